The Labute approximate surface area is 129 Å². The highest BCUT2D eigenvalue weighted by atomic mass is 32.2. The molecule has 0 aliphatic carbocycles. The lowest BCUT2D eigenvalue weighted by atomic mass is 10.1. The third-order valence-electron chi connectivity index (χ3n) is 2.77. The summed E-state index contributed by atoms with van der Waals surface area (Å²) in [6.45, 7) is 7.17. The summed E-state index contributed by atoms with van der Waals surface area (Å²) in [5, 5.41) is 9.33. The molecule has 1 rings (SSSR count). The molecule has 1 N–H and O–H groups in total. The van der Waals surface area contributed by atoms with Gasteiger partial charge in [-0.3, -0.25) is 9.59 Å². The molecule has 0 spiro atoms. The number of thioether (sulfide) groups is 1. The van der Waals surface area contributed by atoms with Crippen molar-refractivity contribution in [1.82, 2.24) is 0 Å². The summed E-state index contributed by atoms with van der Waals surface area (Å²) in [5.74, 6) is -2.76. The molecule has 0 saturated heterocycles. The van der Waals surface area contributed by atoms with Crippen molar-refractivity contribution in [2.45, 2.75) is 38.5 Å². The van der Waals surface area contributed by atoms with E-state index in [2.05, 4.69) is 0 Å². The topological polar surface area (TPSA) is 63.6 Å². The second kappa shape index (κ2) is 7.50. The molecule has 1 aromatic carbocycles. The van der Waals surface area contributed by atoms with E-state index in [-0.39, 0.29) is 11.0 Å². The van der Waals surface area contributed by atoms with Crippen molar-refractivity contribution < 1.29 is 19.4 Å². The molecular weight excluding hydrogens is 288 g/mol. The Morgan fingerprint density at radius 2 is 1.81 bits per heavy atom. The van der Waals surface area contributed by atoms with Crippen molar-refractivity contribution in [1.29, 1.82) is 0 Å². The SMILES string of the molecule is CC(SCC(C(=O)O)C(=O)OC(C)(C)C)c1ccccc1. The molecule has 2 atom stereocenters. The molecule has 0 aliphatic rings. The van der Waals surface area contributed by atoms with E-state index in [0.717, 1.165) is 5.56 Å². The fourth-order valence-corrected chi connectivity index (χ4v) is 2.78. The van der Waals surface area contributed by atoms with Gasteiger partial charge < -0.3 is 9.84 Å². The molecule has 0 aliphatic heterocycles. The van der Waals surface area contributed by atoms with E-state index in [1.165, 1.54) is 11.8 Å². The highest BCUT2D eigenvalue weighted by molar-refractivity contribution is 7.99. The van der Waals surface area contributed by atoms with Crippen LogP contribution in [0.2, 0.25) is 0 Å². The van der Waals surface area contributed by atoms with Crippen LogP contribution in [0.4, 0.5) is 0 Å². The van der Waals surface area contributed by atoms with Crippen LogP contribution in [0.25, 0.3) is 0 Å². The van der Waals surface area contributed by atoms with Crippen molar-refractivity contribution in [3.8, 4) is 0 Å². The quantitative estimate of drug-likeness (QED) is 0.643. The van der Waals surface area contributed by atoms with Gasteiger partial charge in [-0.15, -0.1) is 0 Å². The van der Waals surface area contributed by atoms with Crippen LogP contribution in [0, 0.1) is 5.92 Å². The van der Waals surface area contributed by atoms with Gasteiger partial charge in [0.15, 0.2) is 5.92 Å². The smallest absolute Gasteiger partial charge is 0.321 e. The van der Waals surface area contributed by atoms with Gasteiger partial charge in [0.2, 0.25) is 0 Å². The van der Waals surface area contributed by atoms with Crippen molar-refractivity contribution in [3.05, 3.63) is 35.9 Å². The Hall–Kier alpha value is -1.49. The summed E-state index contributed by atoms with van der Waals surface area (Å²) in [4.78, 5) is 23.2. The Morgan fingerprint density at radius 3 is 2.29 bits per heavy atom. The Kier molecular flexibility index (Phi) is 6.27. The van der Waals surface area contributed by atoms with Gasteiger partial charge in [0.25, 0.3) is 0 Å². The molecule has 2 unspecified atom stereocenters. The lowest BCUT2D eigenvalue weighted by Crippen LogP contribution is -2.34. The summed E-state index contributed by atoms with van der Waals surface area (Å²) in [7, 11) is 0. The highest BCUT2D eigenvalue weighted by Crippen LogP contribution is 2.30. The molecule has 0 saturated carbocycles. The van der Waals surface area contributed by atoms with Crippen LogP contribution in [-0.2, 0) is 14.3 Å². The van der Waals surface area contributed by atoms with Gasteiger partial charge in [-0.05, 0) is 33.3 Å². The molecule has 21 heavy (non-hydrogen) atoms. The molecule has 116 valence electrons. The van der Waals surface area contributed by atoms with Gasteiger partial charge in [-0.1, -0.05) is 30.3 Å². The second-order valence-corrected chi connectivity index (χ2v) is 7.18. The average molecular weight is 310 g/mol. The van der Waals surface area contributed by atoms with Gasteiger partial charge in [0.05, 0.1) is 0 Å². The van der Waals surface area contributed by atoms with Crippen molar-refractivity contribution in [2.75, 3.05) is 5.75 Å². The molecular formula is C16H22O4S. The molecule has 0 fully saturated rings. The number of hydrogen-bond acceptors (Lipinski definition) is 4. The first-order valence-electron chi connectivity index (χ1n) is 6.83. The number of carboxylic acid groups (broad SMARTS) is 1. The second-order valence-electron chi connectivity index (χ2n) is 5.81. The largest absolute Gasteiger partial charge is 0.481 e. The molecule has 0 heterocycles. The zero-order valence-corrected chi connectivity index (χ0v) is 13.6. The first-order valence-corrected chi connectivity index (χ1v) is 7.88. The highest BCUT2D eigenvalue weighted by Gasteiger charge is 2.31. The van der Waals surface area contributed by atoms with Crippen LogP contribution in [-0.4, -0.2) is 28.4 Å². The molecule has 0 radical (unpaired) electrons. The van der Waals surface area contributed by atoms with Crippen LogP contribution >= 0.6 is 11.8 Å². The maximum atomic E-state index is 11.9. The Morgan fingerprint density at radius 1 is 1.24 bits per heavy atom. The molecule has 1 aromatic rings. The third kappa shape index (κ3) is 6.21. The summed E-state index contributed by atoms with van der Waals surface area (Å²) in [6.07, 6.45) is 0. The van der Waals surface area contributed by atoms with Crippen molar-refractivity contribution in [3.63, 3.8) is 0 Å². The maximum absolute atomic E-state index is 11.9. The van der Waals surface area contributed by atoms with Gasteiger partial charge >= 0.3 is 11.9 Å². The number of carbonyl (C=O) groups excluding carboxylic acids is 1. The number of hydrogen-bond donors (Lipinski definition) is 1. The maximum Gasteiger partial charge on any atom is 0.321 e. The normalized spacial score (nSPS) is 14.3. The first kappa shape index (κ1) is 17.6. The van der Waals surface area contributed by atoms with E-state index >= 15 is 0 Å². The summed E-state index contributed by atoms with van der Waals surface area (Å²) in [5.41, 5.74) is 0.427. The zero-order chi connectivity index (χ0) is 16.0. The zero-order valence-electron chi connectivity index (χ0n) is 12.8. The number of ether oxygens (including phenoxy) is 1. The van der Waals surface area contributed by atoms with Crippen LogP contribution in [0.1, 0.15) is 38.5 Å². The summed E-state index contributed by atoms with van der Waals surface area (Å²) in [6, 6.07) is 9.79. The monoisotopic (exact) mass is 310 g/mol. The van der Waals surface area contributed by atoms with Crippen LogP contribution in [0.15, 0.2) is 30.3 Å². The van der Waals surface area contributed by atoms with Crippen LogP contribution < -0.4 is 0 Å². The summed E-state index contributed by atoms with van der Waals surface area (Å²) < 4.78 is 5.17. The predicted molar refractivity (Wildman–Crippen MR) is 84.3 cm³/mol. The minimum atomic E-state index is -1.14. The Bertz CT molecular complexity index is 479. The van der Waals surface area contributed by atoms with E-state index in [4.69, 9.17) is 4.74 Å². The molecule has 0 aromatic heterocycles. The van der Waals surface area contributed by atoms with E-state index in [0.29, 0.717) is 0 Å². The summed E-state index contributed by atoms with van der Waals surface area (Å²) >= 11 is 1.44. The third-order valence-corrected chi connectivity index (χ3v) is 4.07. The number of carbonyl (C=O) groups is 2. The van der Waals surface area contributed by atoms with E-state index in [1.54, 1.807) is 20.8 Å². The molecule has 4 nitrogen and oxygen atoms in total. The van der Waals surface area contributed by atoms with Gasteiger partial charge in [-0.2, -0.15) is 11.8 Å². The van der Waals surface area contributed by atoms with E-state index < -0.39 is 23.5 Å². The number of aliphatic carboxylic acids is 1. The molecule has 0 amide bonds. The minimum absolute atomic E-state index is 0.121. The standard InChI is InChI=1S/C16H22O4S/c1-11(12-8-6-5-7-9-12)21-10-13(14(17)18)15(19)20-16(2,3)4/h5-9,11,13H,10H2,1-4H3,(H,17,18). The van der Waals surface area contributed by atoms with Gasteiger partial charge in [-0.25, -0.2) is 0 Å². The van der Waals surface area contributed by atoms with Crippen molar-refractivity contribution in [2.24, 2.45) is 5.92 Å². The van der Waals surface area contributed by atoms with Gasteiger partial charge in [0, 0.05) is 11.0 Å². The predicted octanol–water partition coefficient (Wildman–Crippen LogP) is 3.52. The van der Waals surface area contributed by atoms with Crippen molar-refractivity contribution >= 4 is 23.7 Å². The molecule has 0 bridgehead atoms. The number of benzene rings is 1. The fourth-order valence-electron chi connectivity index (χ4n) is 1.67. The van der Waals surface area contributed by atoms with Gasteiger partial charge in [0.1, 0.15) is 5.60 Å². The van der Waals surface area contributed by atoms with Crippen LogP contribution in [0.3, 0.4) is 0 Å². The molecule has 5 heteroatoms. The number of rotatable bonds is 6. The van der Waals surface area contributed by atoms with E-state index in [9.17, 15) is 14.7 Å². The first-order chi connectivity index (χ1) is 9.70. The fraction of sp³-hybridized carbons (Fsp3) is 0.500. The number of carboxylic acids is 1. The lowest BCUT2D eigenvalue weighted by molar-refractivity contribution is -0.165. The van der Waals surface area contributed by atoms with E-state index in [1.807, 2.05) is 37.3 Å². The van der Waals surface area contributed by atoms with Crippen LogP contribution in [0.5, 0.6) is 0 Å². The average Bonchev–Trinajstić information content (AvgIpc) is 2.37. The lowest BCUT2D eigenvalue weighted by Gasteiger charge is -2.22. The number of esters is 1. The Balaban J connectivity index is 2.64. The minimum Gasteiger partial charge on any atom is -0.481 e.